The van der Waals surface area contributed by atoms with E-state index in [9.17, 15) is 0 Å². The summed E-state index contributed by atoms with van der Waals surface area (Å²) in [5.74, 6) is 1.27. The number of hydrogen-bond acceptors (Lipinski definition) is 2. The first kappa shape index (κ1) is 10.1. The van der Waals surface area contributed by atoms with Crippen molar-refractivity contribution in [1.29, 1.82) is 0 Å². The molecule has 2 heterocycles. The molecule has 1 N–H and O–H groups in total. The van der Waals surface area contributed by atoms with Crippen molar-refractivity contribution in [2.24, 2.45) is 7.05 Å². The van der Waals surface area contributed by atoms with Crippen LogP contribution in [-0.4, -0.2) is 21.6 Å². The maximum atomic E-state index is 3.61. The van der Waals surface area contributed by atoms with E-state index in [0.29, 0.717) is 0 Å². The van der Waals surface area contributed by atoms with Crippen LogP contribution < -0.4 is 5.32 Å². The predicted molar refractivity (Wildman–Crippen MR) is 62.6 cm³/mol. The number of aryl methyl sites for hydroxylation is 1. The van der Waals surface area contributed by atoms with Crippen LogP contribution in [0.1, 0.15) is 18.9 Å². The second-order valence-corrected chi connectivity index (χ2v) is 5.61. The molecule has 0 aliphatic carbocycles. The summed E-state index contributed by atoms with van der Waals surface area (Å²) in [6.45, 7) is 3.33. The fourth-order valence-electron chi connectivity index (χ4n) is 1.89. The number of aromatic nitrogens is 1. The quantitative estimate of drug-likeness (QED) is 0.822. The summed E-state index contributed by atoms with van der Waals surface area (Å²) in [6, 6.07) is 2.90. The average Bonchev–Trinajstić information content (AvgIpc) is 2.72. The van der Waals surface area contributed by atoms with Crippen molar-refractivity contribution in [1.82, 2.24) is 9.88 Å². The van der Waals surface area contributed by atoms with E-state index >= 15 is 0 Å². The fraction of sp³-hybridized carbons (Fsp3) is 0.636. The standard InChI is InChI=1S/C11H18N2S/c1-9-5-11(8-14-9)12-6-10-3-4-13(2)7-10/h3-4,7,9,11-12H,5-6,8H2,1-2H3. The minimum atomic E-state index is 0.718. The summed E-state index contributed by atoms with van der Waals surface area (Å²) in [7, 11) is 2.07. The predicted octanol–water partition coefficient (Wildman–Crippen LogP) is 2.01. The van der Waals surface area contributed by atoms with Gasteiger partial charge in [0, 0.05) is 43.0 Å². The van der Waals surface area contributed by atoms with Gasteiger partial charge in [0.05, 0.1) is 0 Å². The molecule has 2 nitrogen and oxygen atoms in total. The molecule has 1 aliphatic heterocycles. The fourth-order valence-corrected chi connectivity index (χ4v) is 3.07. The summed E-state index contributed by atoms with van der Waals surface area (Å²) < 4.78 is 2.10. The normalized spacial score (nSPS) is 27.0. The maximum absolute atomic E-state index is 3.61. The Kier molecular flexibility index (Phi) is 3.19. The van der Waals surface area contributed by atoms with Crippen LogP contribution in [0.25, 0.3) is 0 Å². The van der Waals surface area contributed by atoms with E-state index in [1.807, 2.05) is 0 Å². The molecule has 2 rings (SSSR count). The van der Waals surface area contributed by atoms with Gasteiger partial charge in [-0.3, -0.25) is 0 Å². The van der Waals surface area contributed by atoms with Crippen LogP contribution in [0.4, 0.5) is 0 Å². The highest BCUT2D eigenvalue weighted by Gasteiger charge is 2.20. The molecule has 1 saturated heterocycles. The van der Waals surface area contributed by atoms with E-state index in [1.165, 1.54) is 17.7 Å². The Morgan fingerprint density at radius 3 is 3.07 bits per heavy atom. The van der Waals surface area contributed by atoms with Crippen LogP contribution in [0.15, 0.2) is 18.5 Å². The Labute approximate surface area is 90.1 Å². The molecule has 0 amide bonds. The van der Waals surface area contributed by atoms with Gasteiger partial charge in [-0.2, -0.15) is 11.8 Å². The van der Waals surface area contributed by atoms with Gasteiger partial charge in [-0.25, -0.2) is 0 Å². The van der Waals surface area contributed by atoms with Crippen molar-refractivity contribution in [3.05, 3.63) is 24.0 Å². The Balaban J connectivity index is 1.77. The zero-order valence-electron chi connectivity index (χ0n) is 8.86. The molecule has 1 aromatic rings. The van der Waals surface area contributed by atoms with Crippen LogP contribution in [0.3, 0.4) is 0 Å². The van der Waals surface area contributed by atoms with E-state index < -0.39 is 0 Å². The van der Waals surface area contributed by atoms with Gasteiger partial charge in [-0.1, -0.05) is 6.92 Å². The van der Waals surface area contributed by atoms with Crippen LogP contribution in [0, 0.1) is 0 Å². The lowest BCUT2D eigenvalue weighted by Gasteiger charge is -2.10. The molecule has 14 heavy (non-hydrogen) atoms. The third-order valence-electron chi connectivity index (χ3n) is 2.69. The number of hydrogen-bond donors (Lipinski definition) is 1. The van der Waals surface area contributed by atoms with E-state index in [2.05, 4.69) is 54.1 Å². The molecule has 78 valence electrons. The summed E-state index contributed by atoms with van der Waals surface area (Å²) >= 11 is 2.08. The monoisotopic (exact) mass is 210 g/mol. The number of nitrogens with zero attached hydrogens (tertiary/aromatic N) is 1. The lowest BCUT2D eigenvalue weighted by atomic mass is 10.2. The highest BCUT2D eigenvalue weighted by molar-refractivity contribution is 8.00. The minimum absolute atomic E-state index is 0.718. The van der Waals surface area contributed by atoms with Crippen LogP contribution in [0.5, 0.6) is 0 Å². The molecule has 0 spiro atoms. The van der Waals surface area contributed by atoms with Crippen LogP contribution >= 0.6 is 11.8 Å². The third-order valence-corrected chi connectivity index (χ3v) is 4.04. The molecule has 3 heteroatoms. The van der Waals surface area contributed by atoms with Gasteiger partial charge in [0.2, 0.25) is 0 Å². The zero-order valence-corrected chi connectivity index (χ0v) is 9.68. The maximum Gasteiger partial charge on any atom is 0.0223 e. The molecule has 2 unspecified atom stereocenters. The second kappa shape index (κ2) is 4.41. The molecule has 0 bridgehead atoms. The van der Waals surface area contributed by atoms with Crippen molar-refractivity contribution < 1.29 is 0 Å². The average molecular weight is 210 g/mol. The van der Waals surface area contributed by atoms with Gasteiger partial charge in [0.15, 0.2) is 0 Å². The van der Waals surface area contributed by atoms with Crippen molar-refractivity contribution in [2.75, 3.05) is 5.75 Å². The SMILES string of the molecule is CC1CC(NCc2ccn(C)c2)CS1. The van der Waals surface area contributed by atoms with Crippen molar-refractivity contribution >= 4 is 11.8 Å². The summed E-state index contributed by atoms with van der Waals surface area (Å²) in [5.41, 5.74) is 1.39. The van der Waals surface area contributed by atoms with Crippen molar-refractivity contribution in [2.45, 2.75) is 31.2 Å². The lowest BCUT2D eigenvalue weighted by molar-refractivity contribution is 0.538. The topological polar surface area (TPSA) is 17.0 Å². The molecular weight excluding hydrogens is 192 g/mol. The number of rotatable bonds is 3. The molecule has 1 fully saturated rings. The van der Waals surface area contributed by atoms with Gasteiger partial charge in [0.1, 0.15) is 0 Å². The van der Waals surface area contributed by atoms with Gasteiger partial charge < -0.3 is 9.88 Å². The van der Waals surface area contributed by atoms with Crippen molar-refractivity contribution in [3.8, 4) is 0 Å². The molecule has 1 aliphatic rings. The summed E-state index contributed by atoms with van der Waals surface area (Å²) in [4.78, 5) is 0. The van der Waals surface area contributed by atoms with Crippen LogP contribution in [0.2, 0.25) is 0 Å². The lowest BCUT2D eigenvalue weighted by Crippen LogP contribution is -2.28. The molecule has 1 aromatic heterocycles. The number of thioether (sulfide) groups is 1. The first-order chi connectivity index (χ1) is 6.74. The van der Waals surface area contributed by atoms with Crippen LogP contribution in [-0.2, 0) is 13.6 Å². The molecule has 0 saturated carbocycles. The highest BCUT2D eigenvalue weighted by Crippen LogP contribution is 2.25. The smallest absolute Gasteiger partial charge is 0.0223 e. The van der Waals surface area contributed by atoms with E-state index in [1.54, 1.807) is 0 Å². The van der Waals surface area contributed by atoms with E-state index in [0.717, 1.165) is 17.8 Å². The van der Waals surface area contributed by atoms with Gasteiger partial charge >= 0.3 is 0 Å². The zero-order chi connectivity index (χ0) is 9.97. The van der Waals surface area contributed by atoms with E-state index in [-0.39, 0.29) is 0 Å². The first-order valence-corrected chi connectivity index (χ1v) is 6.25. The van der Waals surface area contributed by atoms with E-state index in [4.69, 9.17) is 0 Å². The Bertz CT molecular complexity index is 295. The molecule has 0 aromatic carbocycles. The Hall–Kier alpha value is -0.410. The summed E-state index contributed by atoms with van der Waals surface area (Å²) in [6.07, 6.45) is 5.60. The Morgan fingerprint density at radius 1 is 1.64 bits per heavy atom. The van der Waals surface area contributed by atoms with Gasteiger partial charge in [-0.15, -0.1) is 0 Å². The molecule has 2 atom stereocenters. The molecule has 0 radical (unpaired) electrons. The second-order valence-electron chi connectivity index (χ2n) is 4.14. The number of nitrogens with one attached hydrogen (secondary N) is 1. The van der Waals surface area contributed by atoms with Gasteiger partial charge in [-0.05, 0) is 18.1 Å². The van der Waals surface area contributed by atoms with Crippen molar-refractivity contribution in [3.63, 3.8) is 0 Å². The third kappa shape index (κ3) is 2.55. The Morgan fingerprint density at radius 2 is 2.50 bits per heavy atom. The highest BCUT2D eigenvalue weighted by atomic mass is 32.2. The van der Waals surface area contributed by atoms with Gasteiger partial charge in [0.25, 0.3) is 0 Å². The summed E-state index contributed by atoms with van der Waals surface area (Å²) in [5, 5.41) is 4.44. The largest absolute Gasteiger partial charge is 0.357 e. The minimum Gasteiger partial charge on any atom is -0.357 e. The first-order valence-electron chi connectivity index (χ1n) is 5.20. The molecular formula is C11H18N2S.